The number of hydrogen-bond donors (Lipinski definition) is 1. The lowest BCUT2D eigenvalue weighted by Gasteiger charge is -2.25. The summed E-state index contributed by atoms with van der Waals surface area (Å²) in [7, 11) is 0. The third-order valence-corrected chi connectivity index (χ3v) is 5.90. The average molecular weight is 336 g/mol. The zero-order chi connectivity index (χ0) is 16.2. The molecule has 1 saturated heterocycles. The summed E-state index contributed by atoms with van der Waals surface area (Å²) in [6.45, 7) is 6.15. The third kappa shape index (κ3) is 4.77. The van der Waals surface area contributed by atoms with Gasteiger partial charge >= 0.3 is 0 Å². The van der Waals surface area contributed by atoms with Crippen molar-refractivity contribution in [2.45, 2.75) is 70.9 Å². The van der Waals surface area contributed by atoms with Crippen LogP contribution < -0.4 is 5.32 Å². The monoisotopic (exact) mass is 335 g/mol. The van der Waals surface area contributed by atoms with Gasteiger partial charge < -0.3 is 10.2 Å². The molecule has 0 aromatic carbocycles. The van der Waals surface area contributed by atoms with Crippen LogP contribution in [0.25, 0.3) is 0 Å². The minimum absolute atomic E-state index is 0.209. The molecular weight excluding hydrogens is 306 g/mol. The molecule has 1 amide bonds. The van der Waals surface area contributed by atoms with Crippen LogP contribution in [0.3, 0.4) is 0 Å². The number of carbonyl (C=O) groups is 1. The summed E-state index contributed by atoms with van der Waals surface area (Å²) < 4.78 is 0. The van der Waals surface area contributed by atoms with Gasteiger partial charge in [-0.05, 0) is 45.4 Å². The van der Waals surface area contributed by atoms with E-state index in [1.165, 1.54) is 35.6 Å². The maximum absolute atomic E-state index is 12.5. The molecule has 0 unspecified atom stereocenters. The van der Waals surface area contributed by atoms with Gasteiger partial charge in [0.1, 0.15) is 5.01 Å². The van der Waals surface area contributed by atoms with Crippen LogP contribution in [0.15, 0.2) is 6.20 Å². The van der Waals surface area contributed by atoms with Crippen molar-refractivity contribution in [1.82, 2.24) is 15.2 Å². The lowest BCUT2D eigenvalue weighted by molar-refractivity contribution is -0.131. The van der Waals surface area contributed by atoms with Crippen LogP contribution in [0, 0.1) is 12.8 Å². The molecule has 2 atom stereocenters. The number of hydrogen-bond acceptors (Lipinski definition) is 4. The SMILES string of the molecule is Cc1cnc([C@H](N[C@@H](C)CC(=O)N2CCCCCC2)C2CC2)s1. The maximum Gasteiger partial charge on any atom is 0.224 e. The van der Waals surface area contributed by atoms with E-state index in [-0.39, 0.29) is 6.04 Å². The Morgan fingerprint density at radius 2 is 2.04 bits per heavy atom. The highest BCUT2D eigenvalue weighted by molar-refractivity contribution is 7.11. The average Bonchev–Trinajstić information content (AvgIpc) is 3.31. The van der Waals surface area contributed by atoms with Crippen LogP contribution in [-0.2, 0) is 4.79 Å². The molecule has 2 aliphatic rings. The van der Waals surface area contributed by atoms with Gasteiger partial charge in [-0.1, -0.05) is 12.8 Å². The van der Waals surface area contributed by atoms with E-state index in [0.717, 1.165) is 25.9 Å². The number of nitrogens with zero attached hydrogens (tertiary/aromatic N) is 2. The van der Waals surface area contributed by atoms with Crippen LogP contribution in [0.2, 0.25) is 0 Å². The topological polar surface area (TPSA) is 45.2 Å². The maximum atomic E-state index is 12.5. The normalized spacial score (nSPS) is 21.7. The molecule has 1 aliphatic carbocycles. The fourth-order valence-electron chi connectivity index (χ4n) is 3.43. The van der Waals surface area contributed by atoms with Gasteiger partial charge in [0.2, 0.25) is 5.91 Å². The Hall–Kier alpha value is -0.940. The highest BCUT2D eigenvalue weighted by atomic mass is 32.1. The van der Waals surface area contributed by atoms with Crippen LogP contribution in [-0.4, -0.2) is 34.9 Å². The summed E-state index contributed by atoms with van der Waals surface area (Å²) in [5.41, 5.74) is 0. The molecule has 1 saturated carbocycles. The van der Waals surface area contributed by atoms with Crippen molar-refractivity contribution in [2.24, 2.45) is 5.92 Å². The number of likely N-dealkylation sites (tertiary alicyclic amines) is 1. The minimum atomic E-state index is 0.209. The number of nitrogens with one attached hydrogen (secondary N) is 1. The zero-order valence-electron chi connectivity index (χ0n) is 14.4. The number of thiazole rings is 1. The van der Waals surface area contributed by atoms with Crippen LogP contribution in [0.4, 0.5) is 0 Å². The summed E-state index contributed by atoms with van der Waals surface area (Å²) in [4.78, 5) is 20.5. The standard InChI is InChI=1S/C18H29N3OS/c1-13(11-16(22)21-9-5-3-4-6-10-21)20-17(15-7-8-15)18-19-12-14(2)23-18/h12-13,15,17,20H,3-11H2,1-2H3/t13-,17+/m0/s1. The van der Waals surface area contributed by atoms with E-state index in [1.54, 1.807) is 11.3 Å². The lowest BCUT2D eigenvalue weighted by Crippen LogP contribution is -2.39. The van der Waals surface area contributed by atoms with Gasteiger partial charge in [0.05, 0.1) is 6.04 Å². The first-order valence-corrected chi connectivity index (χ1v) is 9.91. The van der Waals surface area contributed by atoms with E-state index in [1.807, 2.05) is 6.20 Å². The molecule has 128 valence electrons. The summed E-state index contributed by atoms with van der Waals surface area (Å²) in [5, 5.41) is 4.89. The minimum Gasteiger partial charge on any atom is -0.343 e. The highest BCUT2D eigenvalue weighted by Crippen LogP contribution is 2.42. The van der Waals surface area contributed by atoms with Crippen molar-refractivity contribution in [3.63, 3.8) is 0 Å². The molecule has 1 aliphatic heterocycles. The molecule has 0 bridgehead atoms. The smallest absolute Gasteiger partial charge is 0.224 e. The van der Waals surface area contributed by atoms with Crippen molar-refractivity contribution in [2.75, 3.05) is 13.1 Å². The van der Waals surface area contributed by atoms with E-state index in [4.69, 9.17) is 0 Å². The number of amides is 1. The molecule has 5 heteroatoms. The van der Waals surface area contributed by atoms with E-state index >= 15 is 0 Å². The molecule has 3 rings (SSSR count). The molecule has 0 spiro atoms. The molecular formula is C18H29N3OS. The first-order valence-electron chi connectivity index (χ1n) is 9.09. The highest BCUT2D eigenvalue weighted by Gasteiger charge is 2.35. The Morgan fingerprint density at radius 3 is 2.61 bits per heavy atom. The first-order chi connectivity index (χ1) is 11.1. The summed E-state index contributed by atoms with van der Waals surface area (Å²) in [6.07, 6.45) is 9.99. The van der Waals surface area contributed by atoms with E-state index in [2.05, 4.69) is 29.0 Å². The number of rotatable bonds is 6. The second-order valence-electron chi connectivity index (χ2n) is 7.19. The van der Waals surface area contributed by atoms with E-state index in [0.29, 0.717) is 24.3 Å². The largest absolute Gasteiger partial charge is 0.343 e. The molecule has 2 heterocycles. The van der Waals surface area contributed by atoms with Gasteiger partial charge in [-0.15, -0.1) is 11.3 Å². The van der Waals surface area contributed by atoms with Crippen LogP contribution >= 0.6 is 11.3 Å². The van der Waals surface area contributed by atoms with Gasteiger partial charge in [-0.2, -0.15) is 0 Å². The molecule has 4 nitrogen and oxygen atoms in total. The van der Waals surface area contributed by atoms with Gasteiger partial charge in [-0.3, -0.25) is 4.79 Å². The molecule has 2 fully saturated rings. The van der Waals surface area contributed by atoms with Gasteiger partial charge in [0.25, 0.3) is 0 Å². The Bertz CT molecular complexity index is 518. The Kier molecular flexibility index (Phi) is 5.70. The fraction of sp³-hybridized carbons (Fsp3) is 0.778. The predicted molar refractivity (Wildman–Crippen MR) is 94.6 cm³/mol. The molecule has 1 N–H and O–H groups in total. The second kappa shape index (κ2) is 7.75. The molecule has 1 aromatic heterocycles. The fourth-order valence-corrected chi connectivity index (χ4v) is 4.36. The van der Waals surface area contributed by atoms with Crippen molar-refractivity contribution in [3.8, 4) is 0 Å². The van der Waals surface area contributed by atoms with Crippen molar-refractivity contribution in [1.29, 1.82) is 0 Å². The van der Waals surface area contributed by atoms with Crippen LogP contribution in [0.1, 0.15) is 67.8 Å². The third-order valence-electron chi connectivity index (χ3n) is 4.90. The van der Waals surface area contributed by atoms with Gasteiger partial charge in [0, 0.05) is 36.6 Å². The number of aromatic nitrogens is 1. The Labute approximate surface area is 143 Å². The number of aryl methyl sites for hydroxylation is 1. The zero-order valence-corrected chi connectivity index (χ0v) is 15.2. The van der Waals surface area contributed by atoms with E-state index in [9.17, 15) is 4.79 Å². The van der Waals surface area contributed by atoms with E-state index < -0.39 is 0 Å². The Morgan fingerprint density at radius 1 is 1.35 bits per heavy atom. The van der Waals surface area contributed by atoms with Crippen molar-refractivity contribution < 1.29 is 4.79 Å². The lowest BCUT2D eigenvalue weighted by atomic mass is 10.1. The predicted octanol–water partition coefficient (Wildman–Crippen LogP) is 3.67. The quantitative estimate of drug-likeness (QED) is 0.862. The van der Waals surface area contributed by atoms with Crippen molar-refractivity contribution in [3.05, 3.63) is 16.1 Å². The second-order valence-corrected chi connectivity index (χ2v) is 8.46. The molecule has 1 aromatic rings. The number of carbonyl (C=O) groups excluding carboxylic acids is 1. The van der Waals surface area contributed by atoms with Crippen molar-refractivity contribution >= 4 is 17.2 Å². The Balaban J connectivity index is 1.54. The summed E-state index contributed by atoms with van der Waals surface area (Å²) >= 11 is 1.79. The summed E-state index contributed by atoms with van der Waals surface area (Å²) in [6, 6.07) is 0.543. The summed E-state index contributed by atoms with van der Waals surface area (Å²) in [5.74, 6) is 1.02. The van der Waals surface area contributed by atoms with Gasteiger partial charge in [0.15, 0.2) is 0 Å². The molecule has 23 heavy (non-hydrogen) atoms. The first kappa shape index (κ1) is 16.9. The molecule has 0 radical (unpaired) electrons. The van der Waals surface area contributed by atoms with Gasteiger partial charge in [-0.25, -0.2) is 4.98 Å². The van der Waals surface area contributed by atoms with Crippen LogP contribution in [0.5, 0.6) is 0 Å².